The van der Waals surface area contributed by atoms with E-state index in [9.17, 15) is 4.79 Å². The molecule has 3 aromatic heterocycles. The van der Waals surface area contributed by atoms with Crippen LogP contribution in [0.5, 0.6) is 0 Å². The summed E-state index contributed by atoms with van der Waals surface area (Å²) in [5.74, 6) is 2.17. The lowest BCUT2D eigenvalue weighted by Crippen LogP contribution is -2.33. The van der Waals surface area contributed by atoms with Crippen molar-refractivity contribution >= 4 is 22.4 Å². The van der Waals surface area contributed by atoms with Gasteiger partial charge in [-0.05, 0) is 69.5 Å². The van der Waals surface area contributed by atoms with Crippen molar-refractivity contribution in [3.05, 3.63) is 70.0 Å². The fourth-order valence-electron chi connectivity index (χ4n) is 5.30. The van der Waals surface area contributed by atoms with E-state index >= 15 is 0 Å². The zero-order valence-corrected chi connectivity index (χ0v) is 22.3. The minimum absolute atomic E-state index is 0.0169. The number of fused-ring (bicyclic) bond motifs is 2. The Bertz CT molecular complexity index is 1540. The number of likely N-dealkylation sites (N-methyl/N-ethyl adjacent to an activating group) is 1. The number of hydrogen-bond acceptors (Lipinski definition) is 6. The molecule has 1 unspecified atom stereocenters. The average Bonchev–Trinajstić information content (AvgIpc) is 3.67. The van der Waals surface area contributed by atoms with E-state index in [-0.39, 0.29) is 17.0 Å². The minimum Gasteiger partial charge on any atom is -0.340 e. The Balaban J connectivity index is 1.39. The summed E-state index contributed by atoms with van der Waals surface area (Å²) in [7, 11) is 4.32. The molecule has 8 heteroatoms. The third-order valence-corrected chi connectivity index (χ3v) is 7.60. The molecule has 0 spiro atoms. The Morgan fingerprint density at radius 2 is 1.84 bits per heavy atom. The molecule has 6 rings (SSSR count). The number of rotatable bonds is 5. The summed E-state index contributed by atoms with van der Waals surface area (Å²) in [6.45, 7) is 6.29. The molecule has 0 amide bonds. The average molecular weight is 498 g/mol. The van der Waals surface area contributed by atoms with Crippen LogP contribution in [-0.2, 0) is 18.3 Å². The number of hydrogen-bond donors (Lipinski definition) is 1. The van der Waals surface area contributed by atoms with E-state index in [1.165, 1.54) is 17.5 Å². The normalized spacial score (nSPS) is 17.8. The molecule has 1 aromatic carbocycles. The molecular formula is C29H35N7O. The zero-order valence-electron chi connectivity index (χ0n) is 22.3. The predicted molar refractivity (Wildman–Crippen MR) is 147 cm³/mol. The number of aryl methyl sites for hydroxylation is 1. The SMILES string of the molecule is CN(C)C1CCc2cc(Nc3cc4c(cn3)c(=O)n(C3CC3)n4-c3ccnc(C(C)(C)C)n3)ccc2C1. The van der Waals surface area contributed by atoms with E-state index in [0.29, 0.717) is 23.1 Å². The van der Waals surface area contributed by atoms with Crippen molar-refractivity contribution in [2.75, 3.05) is 19.4 Å². The van der Waals surface area contributed by atoms with Gasteiger partial charge in [-0.3, -0.25) is 4.79 Å². The summed E-state index contributed by atoms with van der Waals surface area (Å²) in [6, 6.07) is 11.3. The molecule has 0 radical (unpaired) electrons. The summed E-state index contributed by atoms with van der Waals surface area (Å²) in [4.78, 5) is 29.7. The Hall–Kier alpha value is -3.52. The minimum atomic E-state index is -0.197. The molecule has 0 aliphatic heterocycles. The summed E-state index contributed by atoms with van der Waals surface area (Å²) in [5.41, 5.74) is 4.43. The van der Waals surface area contributed by atoms with E-state index in [1.807, 2.05) is 21.5 Å². The molecule has 1 atom stereocenters. The fraction of sp³-hybridized carbons (Fsp3) is 0.448. The second kappa shape index (κ2) is 8.80. The van der Waals surface area contributed by atoms with Crippen molar-refractivity contribution in [1.82, 2.24) is 29.2 Å². The lowest BCUT2D eigenvalue weighted by Gasteiger charge is -2.30. The molecule has 2 aliphatic carbocycles. The van der Waals surface area contributed by atoms with Gasteiger partial charge in [-0.15, -0.1) is 0 Å². The molecule has 0 bridgehead atoms. The second-order valence-electron chi connectivity index (χ2n) is 11.7. The molecule has 2 aliphatic rings. The molecule has 3 heterocycles. The maximum absolute atomic E-state index is 13.4. The lowest BCUT2D eigenvalue weighted by atomic mass is 9.87. The third kappa shape index (κ3) is 4.44. The third-order valence-electron chi connectivity index (χ3n) is 7.60. The number of pyridine rings is 1. The monoisotopic (exact) mass is 497 g/mol. The van der Waals surface area contributed by atoms with Crippen molar-refractivity contribution in [3.8, 4) is 5.82 Å². The van der Waals surface area contributed by atoms with Crippen LogP contribution in [0.25, 0.3) is 16.7 Å². The van der Waals surface area contributed by atoms with Crippen LogP contribution >= 0.6 is 0 Å². The number of nitrogens with zero attached hydrogens (tertiary/aromatic N) is 6. The Kier molecular flexibility index (Phi) is 5.67. The number of nitrogens with one attached hydrogen (secondary N) is 1. The largest absolute Gasteiger partial charge is 0.340 e. The first kappa shape index (κ1) is 23.9. The standard InChI is InChI=1S/C29H35N7O/c1-29(2,3)28-30-13-12-26(33-28)36-24-16-25(31-17-23(24)27(37)35(36)21-10-11-21)32-20-8-6-19-15-22(34(4)5)9-7-18(19)14-20/h6,8,12-14,16-17,21-22H,7,9-11,15H2,1-5H3,(H,31,32). The topological polar surface area (TPSA) is 80.9 Å². The van der Waals surface area contributed by atoms with Gasteiger partial charge in [0.05, 0.1) is 16.9 Å². The van der Waals surface area contributed by atoms with Crippen molar-refractivity contribution in [2.45, 2.75) is 70.4 Å². The Morgan fingerprint density at radius 3 is 2.57 bits per heavy atom. The summed E-state index contributed by atoms with van der Waals surface area (Å²) < 4.78 is 3.82. The molecule has 0 saturated heterocycles. The quantitative estimate of drug-likeness (QED) is 0.428. The molecule has 1 saturated carbocycles. The van der Waals surface area contributed by atoms with E-state index in [0.717, 1.165) is 42.7 Å². The molecule has 8 nitrogen and oxygen atoms in total. The smallest absolute Gasteiger partial charge is 0.276 e. The predicted octanol–water partition coefficient (Wildman–Crippen LogP) is 4.77. The van der Waals surface area contributed by atoms with Crippen LogP contribution in [0.4, 0.5) is 11.5 Å². The lowest BCUT2D eigenvalue weighted by molar-refractivity contribution is 0.268. The van der Waals surface area contributed by atoms with Crippen LogP contribution in [0.15, 0.2) is 47.5 Å². The first-order chi connectivity index (χ1) is 17.7. The molecule has 1 N–H and O–H groups in total. The van der Waals surface area contributed by atoms with Crippen LogP contribution in [0, 0.1) is 0 Å². The van der Waals surface area contributed by atoms with Crippen LogP contribution < -0.4 is 10.9 Å². The number of aromatic nitrogens is 5. The van der Waals surface area contributed by atoms with E-state index in [4.69, 9.17) is 4.98 Å². The van der Waals surface area contributed by atoms with Crippen molar-refractivity contribution in [3.63, 3.8) is 0 Å². The van der Waals surface area contributed by atoms with Gasteiger partial charge in [0.25, 0.3) is 5.56 Å². The van der Waals surface area contributed by atoms with E-state index in [1.54, 1.807) is 12.4 Å². The van der Waals surface area contributed by atoms with Gasteiger partial charge < -0.3 is 10.2 Å². The maximum Gasteiger partial charge on any atom is 0.276 e. The molecule has 192 valence electrons. The van der Waals surface area contributed by atoms with E-state index in [2.05, 4.69) is 73.3 Å². The molecular weight excluding hydrogens is 462 g/mol. The number of benzene rings is 1. The van der Waals surface area contributed by atoms with Crippen LogP contribution in [0.1, 0.15) is 63.0 Å². The second-order valence-corrected chi connectivity index (χ2v) is 11.7. The first-order valence-electron chi connectivity index (χ1n) is 13.2. The van der Waals surface area contributed by atoms with Gasteiger partial charge in [0.2, 0.25) is 0 Å². The van der Waals surface area contributed by atoms with Crippen molar-refractivity contribution in [1.29, 1.82) is 0 Å². The van der Waals surface area contributed by atoms with Gasteiger partial charge in [0, 0.05) is 41.7 Å². The van der Waals surface area contributed by atoms with Gasteiger partial charge >= 0.3 is 0 Å². The highest BCUT2D eigenvalue weighted by molar-refractivity contribution is 5.82. The van der Waals surface area contributed by atoms with Gasteiger partial charge in [0.15, 0.2) is 5.82 Å². The summed E-state index contributed by atoms with van der Waals surface area (Å²) in [5, 5.41) is 4.09. The van der Waals surface area contributed by atoms with Crippen LogP contribution in [-0.4, -0.2) is 49.4 Å². The van der Waals surface area contributed by atoms with Crippen LogP contribution in [0.3, 0.4) is 0 Å². The molecule has 37 heavy (non-hydrogen) atoms. The summed E-state index contributed by atoms with van der Waals surface area (Å²) >= 11 is 0. The van der Waals surface area contributed by atoms with Gasteiger partial charge in [-0.1, -0.05) is 26.8 Å². The Morgan fingerprint density at radius 1 is 1.03 bits per heavy atom. The molecule has 4 aromatic rings. The highest BCUT2D eigenvalue weighted by atomic mass is 16.1. The highest BCUT2D eigenvalue weighted by Crippen LogP contribution is 2.36. The number of anilines is 2. The van der Waals surface area contributed by atoms with Gasteiger partial charge in [-0.2, -0.15) is 0 Å². The first-order valence-corrected chi connectivity index (χ1v) is 13.2. The van der Waals surface area contributed by atoms with Crippen molar-refractivity contribution < 1.29 is 0 Å². The maximum atomic E-state index is 13.4. The highest BCUT2D eigenvalue weighted by Gasteiger charge is 2.31. The van der Waals surface area contributed by atoms with Crippen LogP contribution in [0.2, 0.25) is 0 Å². The van der Waals surface area contributed by atoms with Gasteiger partial charge in [-0.25, -0.2) is 24.3 Å². The Labute approximate surface area is 217 Å². The zero-order chi connectivity index (χ0) is 25.9. The van der Waals surface area contributed by atoms with Gasteiger partial charge in [0.1, 0.15) is 11.6 Å². The summed E-state index contributed by atoms with van der Waals surface area (Å²) in [6.07, 6.45) is 8.80. The van der Waals surface area contributed by atoms with Crippen molar-refractivity contribution in [2.24, 2.45) is 0 Å². The molecule has 1 fully saturated rings. The fourth-order valence-corrected chi connectivity index (χ4v) is 5.30. The van der Waals surface area contributed by atoms with E-state index < -0.39 is 0 Å².